The fourth-order valence-corrected chi connectivity index (χ4v) is 2.43. The molecule has 1 aliphatic heterocycles. The molecule has 0 aliphatic carbocycles. The van der Waals surface area contributed by atoms with Crippen molar-refractivity contribution in [3.05, 3.63) is 71.5 Å². The molecule has 0 unspecified atom stereocenters. The molecule has 1 aromatic heterocycles. The fraction of sp³-hybridized carbons (Fsp3) is 0. The lowest BCUT2D eigenvalue weighted by molar-refractivity contribution is -0.0584. The predicted molar refractivity (Wildman–Crippen MR) is 82.1 cm³/mol. The standard InChI is InChI=1S/C17H9N3O5/c21-15-12-3-1-2-4-13(12)16(22)20(15)25-17(23)11-7-5-10(6-8-11)14-18-9-19-24-14/h1-9H. The Morgan fingerprint density at radius 3 is 2.16 bits per heavy atom. The Hall–Kier alpha value is -3.81. The molecule has 0 saturated heterocycles. The van der Waals surface area contributed by atoms with E-state index in [9.17, 15) is 14.4 Å². The molecular formula is C17H9N3O5. The van der Waals surface area contributed by atoms with Gasteiger partial charge in [-0.15, -0.1) is 0 Å². The second kappa shape index (κ2) is 5.68. The molecule has 4 rings (SSSR count). The van der Waals surface area contributed by atoms with E-state index in [0.717, 1.165) is 0 Å². The van der Waals surface area contributed by atoms with Gasteiger partial charge in [0.2, 0.25) is 0 Å². The Labute approximate surface area is 140 Å². The van der Waals surface area contributed by atoms with E-state index in [2.05, 4.69) is 10.1 Å². The van der Waals surface area contributed by atoms with E-state index in [1.807, 2.05) is 0 Å². The van der Waals surface area contributed by atoms with Crippen LogP contribution in [0, 0.1) is 0 Å². The molecule has 3 aromatic rings. The van der Waals surface area contributed by atoms with Gasteiger partial charge in [-0.2, -0.15) is 4.98 Å². The largest absolute Gasteiger partial charge is 0.363 e. The van der Waals surface area contributed by atoms with Crippen LogP contribution >= 0.6 is 0 Å². The highest BCUT2D eigenvalue weighted by atomic mass is 16.7. The third-order valence-corrected chi connectivity index (χ3v) is 3.66. The van der Waals surface area contributed by atoms with Gasteiger partial charge in [0.05, 0.1) is 16.7 Å². The summed E-state index contributed by atoms with van der Waals surface area (Å²) in [5, 5.41) is 3.97. The number of carbonyl (C=O) groups is 3. The van der Waals surface area contributed by atoms with E-state index in [1.54, 1.807) is 24.3 Å². The molecule has 25 heavy (non-hydrogen) atoms. The van der Waals surface area contributed by atoms with Gasteiger partial charge in [0.15, 0.2) is 6.33 Å². The summed E-state index contributed by atoms with van der Waals surface area (Å²) in [6, 6.07) is 12.4. The number of benzene rings is 2. The first kappa shape index (κ1) is 14.8. The molecule has 2 aromatic carbocycles. The summed E-state index contributed by atoms with van der Waals surface area (Å²) < 4.78 is 4.92. The van der Waals surface area contributed by atoms with Crippen LogP contribution in [-0.2, 0) is 4.84 Å². The lowest BCUT2D eigenvalue weighted by Gasteiger charge is -2.12. The molecule has 0 bridgehead atoms. The lowest BCUT2D eigenvalue weighted by Crippen LogP contribution is -2.32. The monoisotopic (exact) mass is 335 g/mol. The first-order valence-electron chi connectivity index (χ1n) is 7.22. The zero-order valence-corrected chi connectivity index (χ0v) is 12.6. The first-order chi connectivity index (χ1) is 12.1. The van der Waals surface area contributed by atoms with E-state index in [4.69, 9.17) is 9.36 Å². The molecule has 0 fully saturated rings. The van der Waals surface area contributed by atoms with Crippen LogP contribution in [0.4, 0.5) is 0 Å². The quantitative estimate of drug-likeness (QED) is 0.675. The van der Waals surface area contributed by atoms with Gasteiger partial charge in [-0.25, -0.2) is 4.79 Å². The molecule has 0 atom stereocenters. The number of nitrogens with zero attached hydrogens (tertiary/aromatic N) is 3. The van der Waals surface area contributed by atoms with E-state index >= 15 is 0 Å². The highest BCUT2D eigenvalue weighted by molar-refractivity contribution is 6.21. The predicted octanol–water partition coefficient (Wildman–Crippen LogP) is 2.10. The van der Waals surface area contributed by atoms with Crippen LogP contribution in [0.3, 0.4) is 0 Å². The number of carbonyl (C=O) groups excluding carboxylic acids is 3. The Bertz CT molecular complexity index is 945. The second-order valence-corrected chi connectivity index (χ2v) is 5.15. The summed E-state index contributed by atoms with van der Waals surface area (Å²) in [6.45, 7) is 0. The highest BCUT2D eigenvalue weighted by Gasteiger charge is 2.38. The van der Waals surface area contributed by atoms with Crippen molar-refractivity contribution in [2.45, 2.75) is 0 Å². The summed E-state index contributed by atoms with van der Waals surface area (Å²) in [5.41, 5.74) is 1.19. The molecule has 8 nitrogen and oxygen atoms in total. The van der Waals surface area contributed by atoms with Crippen molar-refractivity contribution < 1.29 is 23.7 Å². The van der Waals surface area contributed by atoms with Gasteiger partial charge in [-0.1, -0.05) is 22.4 Å². The fourth-order valence-electron chi connectivity index (χ4n) is 2.43. The van der Waals surface area contributed by atoms with Crippen LogP contribution in [0.1, 0.15) is 31.1 Å². The van der Waals surface area contributed by atoms with E-state index < -0.39 is 17.8 Å². The molecule has 8 heteroatoms. The molecule has 0 spiro atoms. The lowest BCUT2D eigenvalue weighted by atomic mass is 10.1. The van der Waals surface area contributed by atoms with E-state index in [-0.39, 0.29) is 16.7 Å². The summed E-state index contributed by atoms with van der Waals surface area (Å²) in [5.74, 6) is -1.86. The average Bonchev–Trinajstić information content (AvgIpc) is 3.26. The van der Waals surface area contributed by atoms with Gasteiger partial charge in [0.25, 0.3) is 17.7 Å². The van der Waals surface area contributed by atoms with Crippen molar-refractivity contribution in [1.29, 1.82) is 0 Å². The van der Waals surface area contributed by atoms with Crippen molar-refractivity contribution in [3.63, 3.8) is 0 Å². The smallest absolute Gasteiger partial charge is 0.334 e. The van der Waals surface area contributed by atoms with Crippen molar-refractivity contribution in [1.82, 2.24) is 15.2 Å². The number of fused-ring (bicyclic) bond motifs is 1. The van der Waals surface area contributed by atoms with Crippen LogP contribution in [0.25, 0.3) is 11.5 Å². The molecule has 0 saturated carbocycles. The van der Waals surface area contributed by atoms with Gasteiger partial charge in [0, 0.05) is 5.56 Å². The molecule has 122 valence electrons. The molecule has 0 N–H and O–H groups in total. The normalized spacial score (nSPS) is 13.0. The number of hydroxylamine groups is 2. The van der Waals surface area contributed by atoms with Crippen molar-refractivity contribution >= 4 is 17.8 Å². The Morgan fingerprint density at radius 1 is 0.960 bits per heavy atom. The molecule has 2 amide bonds. The number of hydrogen-bond donors (Lipinski definition) is 0. The van der Waals surface area contributed by atoms with Gasteiger partial charge >= 0.3 is 5.97 Å². The highest BCUT2D eigenvalue weighted by Crippen LogP contribution is 2.24. The maximum absolute atomic E-state index is 12.2. The number of imide groups is 1. The molecular weight excluding hydrogens is 326 g/mol. The van der Waals surface area contributed by atoms with Crippen molar-refractivity contribution in [2.24, 2.45) is 0 Å². The Kier molecular flexibility index (Phi) is 3.35. The van der Waals surface area contributed by atoms with Crippen LogP contribution in [0.2, 0.25) is 0 Å². The van der Waals surface area contributed by atoms with Crippen LogP contribution in [0.5, 0.6) is 0 Å². The third kappa shape index (κ3) is 2.45. The van der Waals surface area contributed by atoms with Gasteiger partial charge in [-0.05, 0) is 36.4 Å². The summed E-state index contributed by atoms with van der Waals surface area (Å²) in [4.78, 5) is 45.5. The van der Waals surface area contributed by atoms with Crippen LogP contribution < -0.4 is 0 Å². The van der Waals surface area contributed by atoms with Crippen LogP contribution in [0.15, 0.2) is 59.4 Å². The zero-order chi connectivity index (χ0) is 17.4. The van der Waals surface area contributed by atoms with Crippen molar-refractivity contribution in [2.75, 3.05) is 0 Å². The zero-order valence-electron chi connectivity index (χ0n) is 12.6. The summed E-state index contributed by atoms with van der Waals surface area (Å²) in [7, 11) is 0. The van der Waals surface area contributed by atoms with E-state index in [1.165, 1.54) is 30.6 Å². The topological polar surface area (TPSA) is 103 Å². The second-order valence-electron chi connectivity index (χ2n) is 5.15. The minimum atomic E-state index is -0.827. The average molecular weight is 335 g/mol. The summed E-state index contributed by atoms with van der Waals surface area (Å²) in [6.07, 6.45) is 1.26. The Balaban J connectivity index is 1.53. The third-order valence-electron chi connectivity index (χ3n) is 3.66. The maximum Gasteiger partial charge on any atom is 0.363 e. The maximum atomic E-state index is 12.2. The van der Waals surface area contributed by atoms with Crippen LogP contribution in [-0.4, -0.2) is 33.0 Å². The first-order valence-corrected chi connectivity index (χ1v) is 7.22. The Morgan fingerprint density at radius 2 is 1.60 bits per heavy atom. The van der Waals surface area contributed by atoms with E-state index in [0.29, 0.717) is 16.5 Å². The summed E-state index contributed by atoms with van der Waals surface area (Å²) >= 11 is 0. The number of rotatable bonds is 3. The number of amides is 2. The minimum absolute atomic E-state index is 0.167. The van der Waals surface area contributed by atoms with Gasteiger partial charge in [-0.3, -0.25) is 9.59 Å². The van der Waals surface area contributed by atoms with Gasteiger partial charge < -0.3 is 9.36 Å². The molecule has 1 aliphatic rings. The minimum Gasteiger partial charge on any atom is -0.334 e. The number of hydrogen-bond acceptors (Lipinski definition) is 7. The number of aromatic nitrogens is 2. The molecule has 2 heterocycles. The van der Waals surface area contributed by atoms with Gasteiger partial charge in [0.1, 0.15) is 0 Å². The van der Waals surface area contributed by atoms with Crippen molar-refractivity contribution in [3.8, 4) is 11.5 Å². The SMILES string of the molecule is O=C(ON1C(=O)c2ccccc2C1=O)c1ccc(-c2ncno2)cc1. The molecule has 0 radical (unpaired) electrons.